The maximum absolute atomic E-state index is 11.4. The molecule has 2 rings (SSSR count). The Morgan fingerprint density at radius 2 is 1.96 bits per heavy atom. The number of carbonyl (C=O) groups is 1. The lowest BCUT2D eigenvalue weighted by Gasteiger charge is -2.08. The van der Waals surface area contributed by atoms with Crippen LogP contribution in [0.2, 0.25) is 5.02 Å². The van der Waals surface area contributed by atoms with E-state index in [2.05, 4.69) is 5.32 Å². The molecule has 2 aromatic rings. The van der Waals surface area contributed by atoms with E-state index in [1.165, 1.54) is 6.07 Å². The number of nitrogens with one attached hydrogen (secondary N) is 1. The van der Waals surface area contributed by atoms with Gasteiger partial charge >= 0.3 is 5.97 Å². The fourth-order valence-electron chi connectivity index (χ4n) is 2.00. The van der Waals surface area contributed by atoms with Crippen molar-refractivity contribution in [3.05, 3.63) is 63.2 Å². The van der Waals surface area contributed by atoms with Gasteiger partial charge in [-0.25, -0.2) is 0 Å². The smallest absolute Gasteiger partial charge is 0.310 e. The minimum atomic E-state index is -0.497. The summed E-state index contributed by atoms with van der Waals surface area (Å²) in [6.45, 7) is 2.10. The standard InChI is InChI=1S/C16H15ClN2O4/c1-2-23-16(20)9-11-3-6-13(7-4-11)18-14-8-5-12(17)10-15(14)19(21)22/h3-8,10,18H,2,9H2,1H3. The Balaban J connectivity index is 2.12. The van der Waals surface area contributed by atoms with Gasteiger partial charge in [0.05, 0.1) is 18.0 Å². The number of benzene rings is 2. The van der Waals surface area contributed by atoms with Crippen LogP contribution in [0.25, 0.3) is 0 Å². The molecule has 6 nitrogen and oxygen atoms in total. The Morgan fingerprint density at radius 3 is 2.57 bits per heavy atom. The van der Waals surface area contributed by atoms with Gasteiger partial charge in [-0.05, 0) is 36.8 Å². The Kier molecular flexibility index (Phi) is 5.54. The number of nitro benzene ring substituents is 1. The van der Waals surface area contributed by atoms with E-state index in [4.69, 9.17) is 16.3 Å². The molecule has 0 aliphatic rings. The van der Waals surface area contributed by atoms with Crippen molar-refractivity contribution in [2.75, 3.05) is 11.9 Å². The first kappa shape index (κ1) is 16.8. The number of carbonyl (C=O) groups excluding carboxylic acids is 1. The van der Waals surface area contributed by atoms with Crippen LogP contribution in [0.4, 0.5) is 17.1 Å². The SMILES string of the molecule is CCOC(=O)Cc1ccc(Nc2ccc(Cl)cc2[N+](=O)[O-])cc1. The van der Waals surface area contributed by atoms with Crippen LogP contribution in [0, 0.1) is 10.1 Å². The fraction of sp³-hybridized carbons (Fsp3) is 0.188. The number of hydrogen-bond donors (Lipinski definition) is 1. The third-order valence-corrected chi connectivity index (χ3v) is 3.28. The molecule has 0 aliphatic carbocycles. The van der Waals surface area contributed by atoms with E-state index in [0.29, 0.717) is 23.0 Å². The molecule has 0 amide bonds. The molecule has 0 atom stereocenters. The van der Waals surface area contributed by atoms with Crippen molar-refractivity contribution in [3.8, 4) is 0 Å². The topological polar surface area (TPSA) is 81.5 Å². The molecular formula is C16H15ClN2O4. The molecule has 2 aromatic carbocycles. The summed E-state index contributed by atoms with van der Waals surface area (Å²) in [5, 5.41) is 14.3. The molecule has 120 valence electrons. The molecule has 0 saturated carbocycles. The highest BCUT2D eigenvalue weighted by atomic mass is 35.5. The summed E-state index contributed by atoms with van der Waals surface area (Å²) in [4.78, 5) is 22.0. The number of ether oxygens (including phenoxy) is 1. The van der Waals surface area contributed by atoms with Crippen LogP contribution in [0.3, 0.4) is 0 Å². The summed E-state index contributed by atoms with van der Waals surface area (Å²) in [5.41, 5.74) is 1.72. The van der Waals surface area contributed by atoms with E-state index < -0.39 is 4.92 Å². The second kappa shape index (κ2) is 7.60. The Hall–Kier alpha value is -2.60. The van der Waals surface area contributed by atoms with E-state index in [1.807, 2.05) is 0 Å². The van der Waals surface area contributed by atoms with Gasteiger partial charge in [0.1, 0.15) is 5.69 Å². The molecule has 0 radical (unpaired) electrons. The van der Waals surface area contributed by atoms with Gasteiger partial charge in [0.2, 0.25) is 0 Å². The second-order valence-corrected chi connectivity index (χ2v) is 5.16. The zero-order valence-corrected chi connectivity index (χ0v) is 13.2. The first-order valence-corrected chi connectivity index (χ1v) is 7.33. The van der Waals surface area contributed by atoms with Crippen molar-refractivity contribution in [2.45, 2.75) is 13.3 Å². The van der Waals surface area contributed by atoms with Crippen LogP contribution in [-0.4, -0.2) is 17.5 Å². The van der Waals surface area contributed by atoms with Crippen molar-refractivity contribution in [3.63, 3.8) is 0 Å². The van der Waals surface area contributed by atoms with Gasteiger partial charge in [-0.1, -0.05) is 23.7 Å². The fourth-order valence-corrected chi connectivity index (χ4v) is 2.17. The van der Waals surface area contributed by atoms with Crippen LogP contribution in [0.1, 0.15) is 12.5 Å². The van der Waals surface area contributed by atoms with Crippen LogP contribution in [0.15, 0.2) is 42.5 Å². The van der Waals surface area contributed by atoms with Crippen molar-refractivity contribution in [2.24, 2.45) is 0 Å². The number of halogens is 1. The average Bonchev–Trinajstić information content (AvgIpc) is 2.51. The highest BCUT2D eigenvalue weighted by Gasteiger charge is 2.14. The Labute approximate surface area is 138 Å². The summed E-state index contributed by atoms with van der Waals surface area (Å²) >= 11 is 5.78. The number of esters is 1. The molecule has 0 aromatic heterocycles. The first-order chi connectivity index (χ1) is 11.0. The van der Waals surface area contributed by atoms with E-state index in [1.54, 1.807) is 43.3 Å². The number of nitrogens with zero attached hydrogens (tertiary/aromatic N) is 1. The maximum Gasteiger partial charge on any atom is 0.310 e. The largest absolute Gasteiger partial charge is 0.466 e. The number of rotatable bonds is 6. The lowest BCUT2D eigenvalue weighted by atomic mass is 10.1. The number of nitro groups is 1. The molecule has 7 heteroatoms. The van der Waals surface area contributed by atoms with E-state index in [-0.39, 0.29) is 18.1 Å². The number of anilines is 2. The van der Waals surface area contributed by atoms with Crippen LogP contribution >= 0.6 is 11.6 Å². The molecule has 0 heterocycles. The zero-order chi connectivity index (χ0) is 16.8. The van der Waals surface area contributed by atoms with Gasteiger partial charge in [0.15, 0.2) is 0 Å². The third kappa shape index (κ3) is 4.69. The van der Waals surface area contributed by atoms with Gasteiger partial charge in [-0.3, -0.25) is 14.9 Å². The van der Waals surface area contributed by atoms with Crippen LogP contribution in [0.5, 0.6) is 0 Å². The van der Waals surface area contributed by atoms with Crippen molar-refractivity contribution >= 4 is 34.6 Å². The second-order valence-electron chi connectivity index (χ2n) is 4.72. The molecule has 0 saturated heterocycles. The van der Waals surface area contributed by atoms with Gasteiger partial charge < -0.3 is 10.1 Å². The molecular weight excluding hydrogens is 320 g/mol. The minimum absolute atomic E-state index is 0.104. The molecule has 23 heavy (non-hydrogen) atoms. The summed E-state index contributed by atoms with van der Waals surface area (Å²) in [6.07, 6.45) is 0.190. The Bertz CT molecular complexity index is 717. The van der Waals surface area contributed by atoms with Gasteiger partial charge in [-0.2, -0.15) is 0 Å². The Morgan fingerprint density at radius 1 is 1.26 bits per heavy atom. The monoisotopic (exact) mass is 334 g/mol. The van der Waals surface area contributed by atoms with Gasteiger partial charge in [0, 0.05) is 16.8 Å². The van der Waals surface area contributed by atoms with Gasteiger partial charge in [-0.15, -0.1) is 0 Å². The van der Waals surface area contributed by atoms with Crippen molar-refractivity contribution in [1.29, 1.82) is 0 Å². The van der Waals surface area contributed by atoms with Crippen LogP contribution in [-0.2, 0) is 16.0 Å². The predicted octanol–water partition coefficient (Wildman–Crippen LogP) is 4.10. The molecule has 0 spiro atoms. The predicted molar refractivity (Wildman–Crippen MR) is 88.2 cm³/mol. The number of hydrogen-bond acceptors (Lipinski definition) is 5. The summed E-state index contributed by atoms with van der Waals surface area (Å²) in [5.74, 6) is -0.290. The van der Waals surface area contributed by atoms with E-state index in [9.17, 15) is 14.9 Å². The molecule has 1 N–H and O–H groups in total. The normalized spacial score (nSPS) is 10.2. The summed E-state index contributed by atoms with van der Waals surface area (Å²) in [7, 11) is 0. The average molecular weight is 335 g/mol. The molecule has 0 fully saturated rings. The lowest BCUT2D eigenvalue weighted by molar-refractivity contribution is -0.383. The minimum Gasteiger partial charge on any atom is -0.466 e. The quantitative estimate of drug-likeness (QED) is 0.488. The zero-order valence-electron chi connectivity index (χ0n) is 12.4. The van der Waals surface area contributed by atoms with Crippen molar-refractivity contribution < 1.29 is 14.5 Å². The van der Waals surface area contributed by atoms with E-state index in [0.717, 1.165) is 5.56 Å². The molecule has 0 bridgehead atoms. The molecule has 0 unspecified atom stereocenters. The first-order valence-electron chi connectivity index (χ1n) is 6.95. The van der Waals surface area contributed by atoms with Crippen molar-refractivity contribution in [1.82, 2.24) is 0 Å². The van der Waals surface area contributed by atoms with E-state index >= 15 is 0 Å². The highest BCUT2D eigenvalue weighted by molar-refractivity contribution is 6.30. The van der Waals surface area contributed by atoms with Gasteiger partial charge in [0.25, 0.3) is 5.69 Å². The maximum atomic E-state index is 11.4. The summed E-state index contributed by atoms with van der Waals surface area (Å²) < 4.78 is 4.88. The molecule has 0 aliphatic heterocycles. The summed E-state index contributed by atoms with van der Waals surface area (Å²) in [6, 6.07) is 11.4. The van der Waals surface area contributed by atoms with Crippen LogP contribution < -0.4 is 5.32 Å². The lowest BCUT2D eigenvalue weighted by Crippen LogP contribution is -2.07. The highest BCUT2D eigenvalue weighted by Crippen LogP contribution is 2.30. The third-order valence-electron chi connectivity index (χ3n) is 3.04.